The van der Waals surface area contributed by atoms with Gasteiger partial charge in [0.2, 0.25) is 0 Å². The summed E-state index contributed by atoms with van der Waals surface area (Å²) in [6.45, 7) is 15.6. The van der Waals surface area contributed by atoms with E-state index in [4.69, 9.17) is 28.4 Å². The second-order valence-corrected chi connectivity index (χ2v) is 44.4. The van der Waals surface area contributed by atoms with Crippen LogP contribution in [0.15, 0.2) is 146 Å². The molecule has 810 valence electrons. The van der Waals surface area contributed by atoms with Crippen LogP contribution in [0.2, 0.25) is 0 Å². The molecule has 6 nitrogen and oxygen atoms in total. The molecule has 0 spiro atoms. The second kappa shape index (κ2) is 89.2. The molecule has 0 radical (unpaired) electrons. The SMILES string of the molecule is CCCCCCCCCCCCCCCc1cccc(OCc2c(COc3cccc(CCCCCCCCCCCCCCC)c3)c(COc3cccc(CCCCCCCCCCCCCCC)c3)c(COc3cccc(CCCCCCCCCCCCCCC)c3)c(COc3cccc(CCCCCCCCCCCCCCC)c3)c2COc2cccc(CCCCCCCCCCCCCCC)c2)c1. The monoisotopic (exact) mass is 1980 g/mol. The highest BCUT2D eigenvalue weighted by Crippen LogP contribution is 2.38. The molecule has 0 aromatic heterocycles. The predicted octanol–water partition coefficient (Wildman–Crippen LogP) is 45.0. The van der Waals surface area contributed by atoms with Gasteiger partial charge in [0.25, 0.3) is 0 Å². The summed E-state index contributed by atoms with van der Waals surface area (Å²) in [5.41, 5.74) is 14.3. The molecular weight excluding hydrogens is 1750 g/mol. The second-order valence-electron chi connectivity index (χ2n) is 44.4. The third-order valence-corrected chi connectivity index (χ3v) is 31.3. The molecule has 6 heteroatoms. The van der Waals surface area contributed by atoms with Crippen LogP contribution in [0.1, 0.15) is 609 Å². The van der Waals surface area contributed by atoms with Gasteiger partial charge in [-0.05, 0) is 183 Å². The van der Waals surface area contributed by atoms with Crippen LogP contribution in [-0.4, -0.2) is 0 Å². The Morgan fingerprint density at radius 3 is 0.319 bits per heavy atom. The molecule has 0 aliphatic carbocycles. The highest BCUT2D eigenvalue weighted by Gasteiger charge is 2.28. The molecule has 0 saturated heterocycles. The molecule has 0 atom stereocenters. The minimum atomic E-state index is 0.281. The first-order valence-corrected chi connectivity index (χ1v) is 62.9. The first kappa shape index (κ1) is 124. The summed E-state index contributed by atoms with van der Waals surface area (Å²) in [6.07, 6.45) is 111. The lowest BCUT2D eigenvalue weighted by molar-refractivity contribution is 0.249. The Hall–Kier alpha value is -6.66. The van der Waals surface area contributed by atoms with Crippen LogP contribution < -0.4 is 28.4 Å². The third-order valence-electron chi connectivity index (χ3n) is 31.3. The number of hydrogen-bond donors (Lipinski definition) is 0. The molecule has 0 heterocycles. The highest BCUT2D eigenvalue weighted by atomic mass is 16.5. The quantitative estimate of drug-likeness (QED) is 0.0354. The number of hydrogen-bond acceptors (Lipinski definition) is 6. The van der Waals surface area contributed by atoms with Crippen molar-refractivity contribution in [1.82, 2.24) is 0 Å². The molecule has 0 N–H and O–H groups in total. The van der Waals surface area contributed by atoms with Gasteiger partial charge in [0.1, 0.15) is 74.1 Å². The Labute approximate surface area is 889 Å². The minimum Gasteiger partial charge on any atom is -0.489 e. The Morgan fingerprint density at radius 2 is 0.215 bits per heavy atom. The molecule has 144 heavy (non-hydrogen) atoms. The first-order chi connectivity index (χ1) is 71.4. The molecular formula is C138H222O6. The van der Waals surface area contributed by atoms with E-state index >= 15 is 0 Å². The predicted molar refractivity (Wildman–Crippen MR) is 627 cm³/mol. The summed E-state index contributed by atoms with van der Waals surface area (Å²) >= 11 is 0. The van der Waals surface area contributed by atoms with Crippen molar-refractivity contribution in [2.45, 2.75) is 621 Å². The van der Waals surface area contributed by atoms with E-state index in [9.17, 15) is 0 Å². The number of rotatable bonds is 102. The Morgan fingerprint density at radius 1 is 0.118 bits per heavy atom. The lowest BCUT2D eigenvalue weighted by atomic mass is 9.87. The van der Waals surface area contributed by atoms with E-state index in [0.29, 0.717) is 0 Å². The van der Waals surface area contributed by atoms with E-state index < -0.39 is 0 Å². The van der Waals surface area contributed by atoms with Gasteiger partial charge >= 0.3 is 0 Å². The molecule has 0 saturated carbocycles. The molecule has 0 aliphatic rings. The third kappa shape index (κ3) is 62.7. The average molecular weight is 1980 g/mol. The normalized spacial score (nSPS) is 11.5. The van der Waals surface area contributed by atoms with Crippen LogP contribution in [0.4, 0.5) is 0 Å². The van der Waals surface area contributed by atoms with Gasteiger partial charge in [0.15, 0.2) is 0 Å². The largest absolute Gasteiger partial charge is 0.489 e. The molecule has 0 unspecified atom stereocenters. The Balaban J connectivity index is 1.30. The fourth-order valence-corrected chi connectivity index (χ4v) is 21.9. The molecule has 0 bridgehead atoms. The number of unbranched alkanes of at least 4 members (excludes halogenated alkanes) is 72. The van der Waals surface area contributed by atoms with Gasteiger partial charge in [-0.15, -0.1) is 0 Å². The highest BCUT2D eigenvalue weighted by molar-refractivity contribution is 5.53. The van der Waals surface area contributed by atoms with Gasteiger partial charge in [-0.1, -0.05) is 577 Å². The van der Waals surface area contributed by atoms with E-state index in [1.54, 1.807) is 0 Å². The van der Waals surface area contributed by atoms with Gasteiger partial charge in [-0.3, -0.25) is 0 Å². The Bertz CT molecular complexity index is 3400. The van der Waals surface area contributed by atoms with Gasteiger partial charge in [0, 0.05) is 33.4 Å². The number of benzene rings is 7. The summed E-state index contributed by atoms with van der Waals surface area (Å²) in [7, 11) is 0. The standard InChI is InChI=1S/C138H222O6/c1-7-13-19-25-31-37-43-49-55-61-67-73-79-91-121-97-85-103-127(109-121)139-115-133-134(116-140-128-104-86-98-122(110-128)92-80-74-68-62-56-50-44-38-32-26-20-14-8-2)136(118-142-130-106-88-100-124(112-130)94-82-76-70-64-58-52-46-40-34-28-22-16-10-4)138(120-144-132-108-90-102-126(114-132)96-84-78-72-66-60-54-48-42-36-30-24-18-12-6)137(119-143-131-107-89-101-125(113-131)95-83-77-71-65-59-53-47-41-35-29-23-17-11-5)135(133)117-141-129-105-87-99-123(111-129)93-81-75-69-63-57-51-45-39-33-27-21-15-9-3/h85-90,97-114H,7-84,91-96,115-120H2,1-6H3. The number of ether oxygens (including phenoxy) is 6. The fraction of sp³-hybridized carbons (Fsp3) is 0.696. The van der Waals surface area contributed by atoms with Crippen LogP contribution in [0, 0.1) is 0 Å². The lowest BCUT2D eigenvalue weighted by Crippen LogP contribution is -2.21. The maximum atomic E-state index is 7.51. The zero-order valence-corrected chi connectivity index (χ0v) is 94.9. The van der Waals surface area contributed by atoms with E-state index in [1.807, 2.05) is 0 Å². The van der Waals surface area contributed by atoms with E-state index in [0.717, 1.165) is 106 Å². The smallest absolute Gasteiger partial charge is 0.120 e. The topological polar surface area (TPSA) is 55.4 Å². The van der Waals surface area contributed by atoms with E-state index in [1.165, 1.54) is 534 Å². The van der Waals surface area contributed by atoms with Crippen molar-refractivity contribution >= 4 is 0 Å². The fourth-order valence-electron chi connectivity index (χ4n) is 21.9. The summed E-state index contributed by atoms with van der Waals surface area (Å²) in [6, 6.07) is 54.4. The maximum absolute atomic E-state index is 7.51. The van der Waals surface area contributed by atoms with Crippen LogP contribution in [0.3, 0.4) is 0 Å². The Kier molecular flexibility index (Phi) is 77.0. The average Bonchev–Trinajstić information content (AvgIpc) is 0.759. The molecule has 0 aliphatic heterocycles. The van der Waals surface area contributed by atoms with Crippen LogP contribution in [-0.2, 0) is 78.2 Å². The zero-order valence-electron chi connectivity index (χ0n) is 94.9. The lowest BCUT2D eigenvalue weighted by Gasteiger charge is -2.28. The summed E-state index contributed by atoms with van der Waals surface area (Å²) < 4.78 is 45.1. The van der Waals surface area contributed by atoms with Crippen molar-refractivity contribution in [3.63, 3.8) is 0 Å². The van der Waals surface area contributed by atoms with Crippen molar-refractivity contribution in [2.75, 3.05) is 0 Å². The van der Waals surface area contributed by atoms with E-state index in [-0.39, 0.29) is 39.6 Å². The maximum Gasteiger partial charge on any atom is 0.120 e. The van der Waals surface area contributed by atoms with Crippen molar-refractivity contribution in [3.8, 4) is 34.5 Å². The summed E-state index contributed by atoms with van der Waals surface area (Å²) in [5.74, 6) is 5.28. The van der Waals surface area contributed by atoms with Crippen molar-refractivity contribution in [3.05, 3.63) is 212 Å². The van der Waals surface area contributed by atoms with Gasteiger partial charge in [-0.25, -0.2) is 0 Å². The van der Waals surface area contributed by atoms with Crippen molar-refractivity contribution in [1.29, 1.82) is 0 Å². The summed E-state index contributed by atoms with van der Waals surface area (Å²) in [5, 5.41) is 0. The molecule has 7 rings (SSSR count). The molecule has 7 aromatic carbocycles. The van der Waals surface area contributed by atoms with Gasteiger partial charge < -0.3 is 28.4 Å². The molecule has 0 fully saturated rings. The van der Waals surface area contributed by atoms with E-state index in [2.05, 4.69) is 187 Å². The first-order valence-electron chi connectivity index (χ1n) is 62.9. The van der Waals surface area contributed by atoms with Gasteiger partial charge in [0.05, 0.1) is 0 Å². The molecule has 7 aromatic rings. The minimum absolute atomic E-state index is 0.281. The number of aryl methyl sites for hydroxylation is 6. The summed E-state index contributed by atoms with van der Waals surface area (Å²) in [4.78, 5) is 0. The van der Waals surface area contributed by atoms with Crippen molar-refractivity contribution < 1.29 is 28.4 Å². The zero-order chi connectivity index (χ0) is 101. The van der Waals surface area contributed by atoms with Crippen molar-refractivity contribution in [2.24, 2.45) is 0 Å². The van der Waals surface area contributed by atoms with Crippen LogP contribution in [0.5, 0.6) is 34.5 Å². The van der Waals surface area contributed by atoms with Crippen LogP contribution >= 0.6 is 0 Å². The molecule has 0 amide bonds. The van der Waals surface area contributed by atoms with Gasteiger partial charge in [-0.2, -0.15) is 0 Å². The van der Waals surface area contributed by atoms with Crippen LogP contribution in [0.25, 0.3) is 0 Å².